The van der Waals surface area contributed by atoms with Crippen LogP contribution in [0.2, 0.25) is 0 Å². The van der Waals surface area contributed by atoms with Crippen molar-refractivity contribution in [2.45, 2.75) is 20.0 Å². The van der Waals surface area contributed by atoms with E-state index in [4.69, 9.17) is 4.63 Å². The van der Waals surface area contributed by atoms with E-state index in [2.05, 4.69) is 20.3 Å². The zero-order valence-electron chi connectivity index (χ0n) is 15.3. The number of nitrogens with zero attached hydrogens (tertiary/aromatic N) is 6. The summed E-state index contributed by atoms with van der Waals surface area (Å²) in [4.78, 5) is 17.1. The second-order valence-electron chi connectivity index (χ2n) is 6.77. The van der Waals surface area contributed by atoms with Gasteiger partial charge in [-0.2, -0.15) is 5.10 Å². The molecular weight excluding hydrogens is 344 g/mol. The molecule has 0 N–H and O–H groups in total. The van der Waals surface area contributed by atoms with Crippen molar-refractivity contribution < 1.29 is 9.42 Å². The molecule has 0 aliphatic carbocycles. The van der Waals surface area contributed by atoms with Crippen LogP contribution in [0.3, 0.4) is 0 Å². The Bertz CT molecular complexity index is 897. The third-order valence-electron chi connectivity index (χ3n) is 4.86. The van der Waals surface area contributed by atoms with Gasteiger partial charge in [0.25, 0.3) is 5.91 Å². The lowest BCUT2D eigenvalue weighted by atomic mass is 10.1. The molecule has 1 amide bonds. The Labute approximate surface area is 157 Å². The summed E-state index contributed by atoms with van der Waals surface area (Å²) in [5.74, 6) is 0.0799. The normalized spacial score (nSPS) is 15.2. The Morgan fingerprint density at radius 3 is 2.67 bits per heavy atom. The number of piperazine rings is 1. The third-order valence-corrected chi connectivity index (χ3v) is 4.86. The van der Waals surface area contributed by atoms with E-state index in [9.17, 15) is 4.79 Å². The van der Waals surface area contributed by atoms with Crippen molar-refractivity contribution in [2.75, 3.05) is 26.2 Å². The fraction of sp³-hybridized carbons (Fsp3) is 0.368. The lowest BCUT2D eigenvalue weighted by Gasteiger charge is -2.34. The summed E-state index contributed by atoms with van der Waals surface area (Å²) in [6, 6.07) is 9.69. The van der Waals surface area contributed by atoms with E-state index in [0.29, 0.717) is 26.2 Å². The van der Waals surface area contributed by atoms with Crippen LogP contribution in [-0.2, 0) is 13.1 Å². The van der Waals surface area contributed by atoms with Gasteiger partial charge >= 0.3 is 0 Å². The number of carbonyl (C=O) groups excluding carboxylic acids is 1. The summed E-state index contributed by atoms with van der Waals surface area (Å²) in [5, 5.41) is 12.0. The minimum absolute atomic E-state index is 0.0799. The third kappa shape index (κ3) is 4.06. The SMILES string of the molecule is Cc1nonc1CN1CCN(C(=O)c2cccc(Cn3cccn3)c2)CC1. The molecule has 0 saturated carbocycles. The minimum Gasteiger partial charge on any atom is -0.336 e. The van der Waals surface area contributed by atoms with Gasteiger partial charge in [0.1, 0.15) is 11.4 Å². The lowest BCUT2D eigenvalue weighted by molar-refractivity contribution is 0.0625. The molecule has 4 rings (SSSR count). The fourth-order valence-corrected chi connectivity index (χ4v) is 3.28. The second-order valence-corrected chi connectivity index (χ2v) is 6.77. The zero-order chi connectivity index (χ0) is 18.6. The number of benzene rings is 1. The van der Waals surface area contributed by atoms with Crippen LogP contribution in [0.4, 0.5) is 0 Å². The molecule has 8 nitrogen and oxygen atoms in total. The summed E-state index contributed by atoms with van der Waals surface area (Å²) in [6.07, 6.45) is 3.67. The first-order valence-electron chi connectivity index (χ1n) is 9.05. The molecule has 2 aromatic heterocycles. The van der Waals surface area contributed by atoms with E-state index < -0.39 is 0 Å². The van der Waals surface area contributed by atoms with Gasteiger partial charge in [0.15, 0.2) is 0 Å². The number of hydrogen-bond acceptors (Lipinski definition) is 6. The Balaban J connectivity index is 1.36. The molecule has 27 heavy (non-hydrogen) atoms. The molecule has 1 saturated heterocycles. The van der Waals surface area contributed by atoms with E-state index >= 15 is 0 Å². The van der Waals surface area contributed by atoms with Gasteiger partial charge in [0, 0.05) is 50.7 Å². The number of rotatable bonds is 5. The van der Waals surface area contributed by atoms with Gasteiger partial charge in [-0.05, 0) is 30.7 Å². The Hall–Kier alpha value is -3.00. The van der Waals surface area contributed by atoms with Crippen molar-refractivity contribution >= 4 is 5.91 Å². The van der Waals surface area contributed by atoms with Crippen molar-refractivity contribution in [3.63, 3.8) is 0 Å². The van der Waals surface area contributed by atoms with Crippen LogP contribution in [0.15, 0.2) is 47.4 Å². The van der Waals surface area contributed by atoms with Crippen molar-refractivity contribution in [2.24, 2.45) is 0 Å². The molecule has 140 valence electrons. The lowest BCUT2D eigenvalue weighted by Crippen LogP contribution is -2.48. The summed E-state index contributed by atoms with van der Waals surface area (Å²) >= 11 is 0. The maximum absolute atomic E-state index is 12.9. The van der Waals surface area contributed by atoms with Crippen molar-refractivity contribution in [3.05, 3.63) is 65.2 Å². The number of hydrogen-bond donors (Lipinski definition) is 0. The molecule has 0 bridgehead atoms. The largest absolute Gasteiger partial charge is 0.336 e. The zero-order valence-corrected chi connectivity index (χ0v) is 15.3. The van der Waals surface area contributed by atoms with E-state index in [1.165, 1.54) is 0 Å². The van der Waals surface area contributed by atoms with Crippen molar-refractivity contribution in [1.82, 2.24) is 29.9 Å². The highest BCUT2D eigenvalue weighted by atomic mass is 16.6. The molecule has 8 heteroatoms. The fourth-order valence-electron chi connectivity index (χ4n) is 3.28. The smallest absolute Gasteiger partial charge is 0.253 e. The molecular formula is C19H22N6O2. The van der Waals surface area contributed by atoms with E-state index in [-0.39, 0.29) is 5.91 Å². The highest BCUT2D eigenvalue weighted by molar-refractivity contribution is 5.94. The van der Waals surface area contributed by atoms with Crippen LogP contribution in [0.5, 0.6) is 0 Å². The maximum Gasteiger partial charge on any atom is 0.253 e. The topological polar surface area (TPSA) is 80.3 Å². The van der Waals surface area contributed by atoms with E-state index in [1.807, 2.05) is 53.0 Å². The van der Waals surface area contributed by atoms with E-state index in [1.54, 1.807) is 6.20 Å². The van der Waals surface area contributed by atoms with Gasteiger partial charge in [-0.25, -0.2) is 4.63 Å². The van der Waals surface area contributed by atoms with Crippen LogP contribution in [0.25, 0.3) is 0 Å². The summed E-state index contributed by atoms with van der Waals surface area (Å²) in [7, 11) is 0. The van der Waals surface area contributed by atoms with Gasteiger partial charge in [-0.1, -0.05) is 22.4 Å². The molecule has 0 spiro atoms. The molecule has 3 heterocycles. The van der Waals surface area contributed by atoms with Crippen LogP contribution >= 0.6 is 0 Å². The van der Waals surface area contributed by atoms with Crippen molar-refractivity contribution in [1.29, 1.82) is 0 Å². The minimum atomic E-state index is 0.0799. The predicted molar refractivity (Wildman–Crippen MR) is 98.0 cm³/mol. The second kappa shape index (κ2) is 7.71. The molecule has 0 unspecified atom stereocenters. The van der Waals surface area contributed by atoms with Crippen LogP contribution in [-0.4, -0.2) is 62.0 Å². The average molecular weight is 366 g/mol. The van der Waals surface area contributed by atoms with Gasteiger partial charge in [0.05, 0.1) is 6.54 Å². The van der Waals surface area contributed by atoms with Gasteiger partial charge < -0.3 is 4.90 Å². The van der Waals surface area contributed by atoms with E-state index in [0.717, 1.165) is 35.6 Å². The van der Waals surface area contributed by atoms with Gasteiger partial charge in [-0.15, -0.1) is 0 Å². The quantitative estimate of drug-likeness (QED) is 0.682. The summed E-state index contributed by atoms with van der Waals surface area (Å²) in [5.41, 5.74) is 3.48. The monoisotopic (exact) mass is 366 g/mol. The molecule has 1 fully saturated rings. The van der Waals surface area contributed by atoms with Crippen LogP contribution in [0, 0.1) is 6.92 Å². The number of carbonyl (C=O) groups is 1. The number of amides is 1. The Morgan fingerprint density at radius 1 is 1.11 bits per heavy atom. The number of aromatic nitrogens is 4. The summed E-state index contributed by atoms with van der Waals surface area (Å²) < 4.78 is 6.61. The van der Waals surface area contributed by atoms with Gasteiger partial charge in [0.2, 0.25) is 0 Å². The first-order valence-corrected chi connectivity index (χ1v) is 9.05. The van der Waals surface area contributed by atoms with Crippen LogP contribution in [0.1, 0.15) is 27.3 Å². The highest BCUT2D eigenvalue weighted by Gasteiger charge is 2.23. The van der Waals surface area contributed by atoms with Crippen molar-refractivity contribution in [3.8, 4) is 0 Å². The Morgan fingerprint density at radius 2 is 1.96 bits per heavy atom. The molecule has 0 atom stereocenters. The molecule has 1 aromatic carbocycles. The maximum atomic E-state index is 12.9. The standard InChI is InChI=1S/C19H22N6O2/c1-15-18(22-27-21-15)14-23-8-10-24(11-9-23)19(26)17-5-2-4-16(12-17)13-25-7-3-6-20-25/h2-7,12H,8-11,13-14H2,1H3. The highest BCUT2D eigenvalue weighted by Crippen LogP contribution is 2.14. The van der Waals surface area contributed by atoms with Gasteiger partial charge in [-0.3, -0.25) is 14.4 Å². The average Bonchev–Trinajstić information content (AvgIpc) is 3.34. The van der Waals surface area contributed by atoms with Crippen LogP contribution < -0.4 is 0 Å². The molecule has 1 aliphatic rings. The first kappa shape index (κ1) is 17.4. The summed E-state index contributed by atoms with van der Waals surface area (Å²) in [6.45, 7) is 6.28. The predicted octanol–water partition coefficient (Wildman–Crippen LogP) is 1.58. The first-order chi connectivity index (χ1) is 13.2. The Kier molecular flexibility index (Phi) is 4.97. The molecule has 1 aliphatic heterocycles. The number of aryl methyl sites for hydroxylation is 1. The molecule has 0 radical (unpaired) electrons. The molecule has 3 aromatic rings.